The second-order valence-electron chi connectivity index (χ2n) is 7.61. The number of halogens is 4. The molecule has 2 unspecified atom stereocenters. The van der Waals surface area contributed by atoms with Gasteiger partial charge in [0.05, 0.1) is 17.8 Å². The van der Waals surface area contributed by atoms with Crippen molar-refractivity contribution >= 4 is 18.0 Å². The summed E-state index contributed by atoms with van der Waals surface area (Å²) >= 11 is 0. The molecule has 0 saturated heterocycles. The van der Waals surface area contributed by atoms with Gasteiger partial charge in [-0.3, -0.25) is 4.79 Å². The first kappa shape index (κ1) is 21.8. The Bertz CT molecular complexity index is 1190. The van der Waals surface area contributed by atoms with E-state index in [2.05, 4.69) is 15.4 Å². The van der Waals surface area contributed by atoms with Crippen molar-refractivity contribution in [2.45, 2.75) is 24.6 Å². The SMILES string of the molecule is O=Cc1cc2cc(CC3(C(CCO)C(F)(F)F)C=NN=N3)ccn2c1-c1ccc(F)cc1. The minimum Gasteiger partial charge on any atom is -0.396 e. The molecule has 1 N–H and O–H groups in total. The van der Waals surface area contributed by atoms with Gasteiger partial charge in [0.15, 0.2) is 6.29 Å². The summed E-state index contributed by atoms with van der Waals surface area (Å²) in [4.78, 5) is 11.6. The number of carbonyl (C=O) groups is 1. The van der Waals surface area contributed by atoms with E-state index in [1.165, 1.54) is 12.1 Å². The predicted molar refractivity (Wildman–Crippen MR) is 109 cm³/mol. The van der Waals surface area contributed by atoms with Gasteiger partial charge >= 0.3 is 6.18 Å². The minimum atomic E-state index is -4.61. The molecule has 0 saturated carbocycles. The normalized spacial score (nSPS) is 19.0. The molecule has 2 aromatic heterocycles. The standard InChI is InChI=1S/C22H18F4N4O2/c23-17-3-1-15(2-4-17)20-16(12-32)10-18-9-14(5-7-30(18)20)11-21(13-27-29-28-21)19(6-8-31)22(24,25)26/h1-5,7,9-10,12-13,19,31H,6,8,11H2. The van der Waals surface area contributed by atoms with Crippen LogP contribution in [-0.4, -0.2) is 40.3 Å². The summed E-state index contributed by atoms with van der Waals surface area (Å²) in [7, 11) is 0. The molecular weight excluding hydrogens is 428 g/mol. The highest BCUT2D eigenvalue weighted by molar-refractivity contribution is 5.90. The van der Waals surface area contributed by atoms with Gasteiger partial charge in [0.25, 0.3) is 0 Å². The fourth-order valence-corrected chi connectivity index (χ4v) is 4.14. The number of rotatable bonds is 7. The lowest BCUT2D eigenvalue weighted by atomic mass is 9.78. The first-order valence-electron chi connectivity index (χ1n) is 9.76. The van der Waals surface area contributed by atoms with Gasteiger partial charge < -0.3 is 9.51 Å². The van der Waals surface area contributed by atoms with Crippen molar-refractivity contribution in [2.75, 3.05) is 6.61 Å². The summed E-state index contributed by atoms with van der Waals surface area (Å²) in [5.41, 5.74) is 0.869. The molecule has 2 atom stereocenters. The molecular formula is C22H18F4N4O2. The molecule has 1 aromatic carbocycles. The summed E-state index contributed by atoms with van der Waals surface area (Å²) in [6.07, 6.45) is -1.91. The molecule has 0 spiro atoms. The zero-order chi connectivity index (χ0) is 22.9. The van der Waals surface area contributed by atoms with Crippen molar-refractivity contribution < 1.29 is 27.5 Å². The van der Waals surface area contributed by atoms with E-state index in [-0.39, 0.29) is 6.42 Å². The summed E-state index contributed by atoms with van der Waals surface area (Å²) in [5, 5.41) is 20.0. The second kappa shape index (κ2) is 8.27. The molecule has 166 valence electrons. The molecule has 0 aliphatic carbocycles. The van der Waals surface area contributed by atoms with E-state index in [0.717, 1.165) is 6.21 Å². The van der Waals surface area contributed by atoms with Crippen LogP contribution in [0.5, 0.6) is 0 Å². The first-order valence-corrected chi connectivity index (χ1v) is 9.76. The number of fused-ring (bicyclic) bond motifs is 1. The van der Waals surface area contributed by atoms with Crippen LogP contribution in [0.3, 0.4) is 0 Å². The molecule has 6 nitrogen and oxygen atoms in total. The van der Waals surface area contributed by atoms with E-state index in [1.807, 2.05) is 0 Å². The van der Waals surface area contributed by atoms with E-state index in [4.69, 9.17) is 0 Å². The van der Waals surface area contributed by atoms with Crippen LogP contribution in [0, 0.1) is 11.7 Å². The van der Waals surface area contributed by atoms with Crippen LogP contribution in [0.2, 0.25) is 0 Å². The number of aromatic nitrogens is 1. The average Bonchev–Trinajstić information content (AvgIpc) is 3.36. The van der Waals surface area contributed by atoms with Crippen LogP contribution < -0.4 is 0 Å². The number of nitrogens with zero attached hydrogens (tertiary/aromatic N) is 4. The van der Waals surface area contributed by atoms with E-state index in [9.17, 15) is 27.5 Å². The fourth-order valence-electron chi connectivity index (χ4n) is 4.14. The summed E-state index contributed by atoms with van der Waals surface area (Å²) in [6, 6.07) is 10.6. The minimum absolute atomic E-state index is 0.145. The van der Waals surface area contributed by atoms with Crippen molar-refractivity contribution in [3.63, 3.8) is 0 Å². The molecule has 32 heavy (non-hydrogen) atoms. The van der Waals surface area contributed by atoms with Crippen molar-refractivity contribution in [1.82, 2.24) is 4.40 Å². The Morgan fingerprint density at radius 3 is 2.50 bits per heavy atom. The zero-order valence-corrected chi connectivity index (χ0v) is 16.6. The van der Waals surface area contributed by atoms with Crippen molar-refractivity contribution in [3.8, 4) is 11.3 Å². The van der Waals surface area contributed by atoms with Gasteiger partial charge in [-0.05, 0) is 65.2 Å². The van der Waals surface area contributed by atoms with Crippen LogP contribution >= 0.6 is 0 Å². The van der Waals surface area contributed by atoms with Gasteiger partial charge in [-0.25, -0.2) is 4.39 Å². The van der Waals surface area contributed by atoms with Crippen molar-refractivity contribution in [3.05, 3.63) is 65.6 Å². The molecule has 3 heterocycles. The first-order chi connectivity index (χ1) is 15.3. The number of hydrogen-bond acceptors (Lipinski definition) is 5. The molecule has 0 bridgehead atoms. The van der Waals surface area contributed by atoms with E-state index < -0.39 is 36.5 Å². The monoisotopic (exact) mass is 446 g/mol. The smallest absolute Gasteiger partial charge is 0.394 e. The van der Waals surface area contributed by atoms with Crippen LogP contribution in [0.1, 0.15) is 22.3 Å². The Morgan fingerprint density at radius 1 is 1.16 bits per heavy atom. The molecule has 0 fully saturated rings. The maximum absolute atomic E-state index is 13.7. The number of pyridine rings is 1. The van der Waals surface area contributed by atoms with Crippen LogP contribution in [0.4, 0.5) is 17.6 Å². The number of aldehydes is 1. The number of hydrogen-bond donors (Lipinski definition) is 1. The Labute approximate surface area is 179 Å². The Kier molecular flexibility index (Phi) is 5.64. The summed E-state index contributed by atoms with van der Waals surface area (Å²) < 4.78 is 56.2. The fraction of sp³-hybridized carbons (Fsp3) is 0.273. The topological polar surface area (TPSA) is 78.8 Å². The van der Waals surface area contributed by atoms with Crippen LogP contribution in [0.25, 0.3) is 16.8 Å². The number of aliphatic hydroxyl groups excluding tert-OH is 1. The third-order valence-corrected chi connectivity index (χ3v) is 5.58. The summed E-state index contributed by atoms with van der Waals surface area (Å²) in [5.74, 6) is -2.37. The maximum Gasteiger partial charge on any atom is 0.394 e. The molecule has 0 amide bonds. The Balaban J connectivity index is 1.76. The number of aliphatic hydroxyl groups is 1. The van der Waals surface area contributed by atoms with Crippen molar-refractivity contribution in [2.24, 2.45) is 21.4 Å². The lowest BCUT2D eigenvalue weighted by Gasteiger charge is -2.32. The second-order valence-corrected chi connectivity index (χ2v) is 7.61. The van der Waals surface area contributed by atoms with Gasteiger partial charge in [-0.2, -0.15) is 18.3 Å². The number of benzene rings is 1. The number of alkyl halides is 3. The molecule has 1 aliphatic rings. The quantitative estimate of drug-likeness (QED) is 0.416. The molecule has 4 rings (SSSR count). The third kappa shape index (κ3) is 3.93. The summed E-state index contributed by atoms with van der Waals surface area (Å²) in [6.45, 7) is -0.656. The van der Waals surface area contributed by atoms with Crippen molar-refractivity contribution in [1.29, 1.82) is 0 Å². The van der Waals surface area contributed by atoms with Crippen LogP contribution in [0.15, 0.2) is 64.1 Å². The highest BCUT2D eigenvalue weighted by atomic mass is 19.4. The molecule has 10 heteroatoms. The molecule has 3 aromatic rings. The van der Waals surface area contributed by atoms with Gasteiger partial charge in [0.2, 0.25) is 0 Å². The molecule has 1 aliphatic heterocycles. The highest BCUT2D eigenvalue weighted by Gasteiger charge is 2.54. The van der Waals surface area contributed by atoms with E-state index in [1.54, 1.807) is 40.9 Å². The zero-order valence-electron chi connectivity index (χ0n) is 16.6. The number of carbonyl (C=O) groups excluding carboxylic acids is 1. The highest BCUT2D eigenvalue weighted by Crippen LogP contribution is 2.42. The van der Waals surface area contributed by atoms with Gasteiger partial charge in [0.1, 0.15) is 11.4 Å². The van der Waals surface area contributed by atoms with Crippen LogP contribution in [-0.2, 0) is 6.42 Å². The lowest BCUT2D eigenvalue weighted by Crippen LogP contribution is -2.47. The maximum atomic E-state index is 13.7. The van der Waals surface area contributed by atoms with Gasteiger partial charge in [-0.15, -0.1) is 5.10 Å². The molecule has 0 radical (unpaired) electrons. The Morgan fingerprint density at radius 2 is 1.91 bits per heavy atom. The average molecular weight is 446 g/mol. The van der Waals surface area contributed by atoms with E-state index >= 15 is 0 Å². The predicted octanol–water partition coefficient (Wildman–Crippen LogP) is 4.85. The van der Waals surface area contributed by atoms with E-state index in [0.29, 0.717) is 34.2 Å². The third-order valence-electron chi connectivity index (χ3n) is 5.58. The Hall–Kier alpha value is -3.40. The largest absolute Gasteiger partial charge is 0.396 e. The lowest BCUT2D eigenvalue weighted by molar-refractivity contribution is -0.189. The van der Waals surface area contributed by atoms with Gasteiger partial charge in [-0.1, -0.05) is 0 Å². The van der Waals surface area contributed by atoms with Gasteiger partial charge in [0, 0.05) is 30.3 Å².